The Kier molecular flexibility index (Phi) is 47.4. The van der Waals surface area contributed by atoms with Gasteiger partial charge in [0, 0.05) is 19.3 Å². The number of rotatable bonds is 46. The third-order valence-electron chi connectivity index (χ3n) is 11.2. The molecule has 0 bridgehead atoms. The molecule has 61 heavy (non-hydrogen) atoms. The zero-order valence-corrected chi connectivity index (χ0v) is 40.2. The van der Waals surface area contributed by atoms with Crippen molar-refractivity contribution < 1.29 is 28.6 Å². The van der Waals surface area contributed by atoms with E-state index >= 15 is 0 Å². The van der Waals surface area contributed by atoms with E-state index in [1.54, 1.807) is 0 Å². The number of carbonyl (C=O) groups is 3. The van der Waals surface area contributed by atoms with Gasteiger partial charge in [-0.25, -0.2) is 0 Å². The molecule has 1 atom stereocenters. The van der Waals surface area contributed by atoms with Gasteiger partial charge in [-0.3, -0.25) is 14.4 Å². The lowest BCUT2D eigenvalue weighted by atomic mass is 10.0. The molecule has 0 aromatic heterocycles. The van der Waals surface area contributed by atoms with Crippen LogP contribution in [0, 0.1) is 0 Å². The molecule has 0 amide bonds. The van der Waals surface area contributed by atoms with E-state index in [1.807, 2.05) is 54.7 Å². The first-order chi connectivity index (χ1) is 30.0. The topological polar surface area (TPSA) is 78.9 Å². The first-order valence-corrected chi connectivity index (χ1v) is 25.9. The summed E-state index contributed by atoms with van der Waals surface area (Å²) in [6.45, 7) is 6.45. The molecule has 0 saturated heterocycles. The van der Waals surface area contributed by atoms with E-state index in [0.29, 0.717) is 19.3 Å². The molecule has 6 heteroatoms. The molecule has 0 aliphatic heterocycles. The van der Waals surface area contributed by atoms with Crippen molar-refractivity contribution in [3.05, 3.63) is 60.8 Å². The number of ether oxygens (including phenoxy) is 3. The van der Waals surface area contributed by atoms with Crippen LogP contribution in [0.1, 0.15) is 252 Å². The van der Waals surface area contributed by atoms with Crippen molar-refractivity contribution in [2.75, 3.05) is 13.2 Å². The Morgan fingerprint density at radius 3 is 1.00 bits per heavy atom. The third-order valence-corrected chi connectivity index (χ3v) is 11.2. The highest BCUT2D eigenvalue weighted by Gasteiger charge is 2.19. The molecule has 0 radical (unpaired) electrons. The number of allylic oxidation sites excluding steroid dienone is 10. The fourth-order valence-electron chi connectivity index (χ4n) is 7.30. The lowest BCUT2D eigenvalue weighted by molar-refractivity contribution is -0.167. The molecule has 0 heterocycles. The number of carbonyl (C=O) groups excluding carboxylic acids is 3. The van der Waals surface area contributed by atoms with Gasteiger partial charge in [-0.05, 0) is 32.1 Å². The van der Waals surface area contributed by atoms with Crippen LogP contribution in [-0.2, 0) is 28.6 Å². The van der Waals surface area contributed by atoms with Gasteiger partial charge in [0.2, 0.25) is 0 Å². The summed E-state index contributed by atoms with van der Waals surface area (Å²) in [5, 5.41) is 0. The minimum absolute atomic E-state index is 0.0931. The molecule has 0 aromatic carbocycles. The first-order valence-electron chi connectivity index (χ1n) is 25.9. The zero-order chi connectivity index (χ0) is 44.4. The standard InChI is InChI=1S/C55H96O6/c1-4-7-10-13-16-19-22-25-27-30-33-36-39-42-45-48-54(57)60-51-52(50-59-53(56)47-44-41-38-35-32-29-24-21-18-15-12-9-6-3)61-55(58)49-46-43-40-37-34-31-28-26-23-20-17-14-11-8-5-2/h9,12,15,18,21,24,29,32,35,38,52H,4-8,10-11,13-14,16-17,19-20,22-23,25-28,30-31,33-34,36-37,39-51H2,1-3H3/b12-9+,18-15+,24-21+,32-29+,38-35+. The van der Waals surface area contributed by atoms with Crippen molar-refractivity contribution in [2.24, 2.45) is 0 Å². The van der Waals surface area contributed by atoms with Crippen molar-refractivity contribution in [3.8, 4) is 0 Å². The molecular weight excluding hydrogens is 757 g/mol. The van der Waals surface area contributed by atoms with Gasteiger partial charge in [-0.1, -0.05) is 261 Å². The van der Waals surface area contributed by atoms with Crippen LogP contribution in [0.5, 0.6) is 0 Å². The Labute approximate surface area is 377 Å². The monoisotopic (exact) mass is 853 g/mol. The van der Waals surface area contributed by atoms with Crippen molar-refractivity contribution in [2.45, 2.75) is 258 Å². The largest absolute Gasteiger partial charge is 0.462 e. The van der Waals surface area contributed by atoms with Crippen LogP contribution in [-0.4, -0.2) is 37.2 Å². The zero-order valence-electron chi connectivity index (χ0n) is 40.2. The van der Waals surface area contributed by atoms with E-state index in [-0.39, 0.29) is 37.5 Å². The number of hydrogen-bond donors (Lipinski definition) is 0. The number of unbranched alkanes of at least 4 members (excludes halogenated alkanes) is 29. The molecule has 6 nitrogen and oxygen atoms in total. The van der Waals surface area contributed by atoms with Gasteiger partial charge < -0.3 is 14.2 Å². The van der Waals surface area contributed by atoms with Crippen LogP contribution in [0.2, 0.25) is 0 Å². The fraction of sp³-hybridized carbons (Fsp3) is 0.764. The lowest BCUT2D eigenvalue weighted by Crippen LogP contribution is -2.30. The van der Waals surface area contributed by atoms with Gasteiger partial charge in [-0.2, -0.15) is 0 Å². The molecular formula is C55H96O6. The molecule has 0 saturated carbocycles. The number of esters is 3. The quantitative estimate of drug-likeness (QED) is 0.0263. The Morgan fingerprint density at radius 1 is 0.344 bits per heavy atom. The van der Waals surface area contributed by atoms with Crippen LogP contribution in [0.25, 0.3) is 0 Å². The Hall–Kier alpha value is -2.89. The molecule has 0 aliphatic carbocycles. The highest BCUT2D eigenvalue weighted by molar-refractivity contribution is 5.71. The molecule has 0 aromatic rings. The van der Waals surface area contributed by atoms with Crippen LogP contribution in [0.15, 0.2) is 60.8 Å². The highest BCUT2D eigenvalue weighted by Crippen LogP contribution is 2.16. The second kappa shape index (κ2) is 49.8. The van der Waals surface area contributed by atoms with Crippen molar-refractivity contribution in [1.82, 2.24) is 0 Å². The summed E-state index contributed by atoms with van der Waals surface area (Å²) >= 11 is 0. The van der Waals surface area contributed by atoms with E-state index < -0.39 is 6.10 Å². The normalized spacial score (nSPS) is 12.5. The molecule has 0 fully saturated rings. The summed E-state index contributed by atoms with van der Waals surface area (Å²) in [6.07, 6.45) is 60.7. The van der Waals surface area contributed by atoms with Gasteiger partial charge >= 0.3 is 17.9 Å². The molecule has 1 unspecified atom stereocenters. The Morgan fingerprint density at radius 2 is 0.639 bits per heavy atom. The SMILES string of the molecule is CC/C=C/C=C/C=C/C=C/C=C/CCCC(=O)OCC(COC(=O)CCCCCCCCCCCCCCCCC)OC(=O)CCCCCCCCCCCCCCCCC. The average molecular weight is 853 g/mol. The smallest absolute Gasteiger partial charge is 0.306 e. The maximum atomic E-state index is 12.8. The van der Waals surface area contributed by atoms with Crippen molar-refractivity contribution in [1.29, 1.82) is 0 Å². The van der Waals surface area contributed by atoms with Gasteiger partial charge in [0.1, 0.15) is 13.2 Å². The molecule has 352 valence electrons. The summed E-state index contributed by atoms with van der Waals surface area (Å²) in [5.41, 5.74) is 0. The minimum atomic E-state index is -0.798. The predicted octanol–water partition coefficient (Wildman–Crippen LogP) is 16.9. The van der Waals surface area contributed by atoms with Crippen LogP contribution >= 0.6 is 0 Å². The van der Waals surface area contributed by atoms with E-state index in [0.717, 1.165) is 51.4 Å². The van der Waals surface area contributed by atoms with E-state index in [2.05, 4.69) is 26.8 Å². The summed E-state index contributed by atoms with van der Waals surface area (Å²) in [6, 6.07) is 0. The summed E-state index contributed by atoms with van der Waals surface area (Å²) < 4.78 is 16.7. The van der Waals surface area contributed by atoms with Gasteiger partial charge in [0.05, 0.1) is 0 Å². The summed E-state index contributed by atoms with van der Waals surface area (Å²) in [4.78, 5) is 37.9. The molecule has 0 spiro atoms. The predicted molar refractivity (Wildman–Crippen MR) is 261 cm³/mol. The maximum Gasteiger partial charge on any atom is 0.306 e. The molecule has 0 N–H and O–H groups in total. The van der Waals surface area contributed by atoms with E-state index in [9.17, 15) is 14.4 Å². The number of hydrogen-bond acceptors (Lipinski definition) is 6. The van der Waals surface area contributed by atoms with E-state index in [1.165, 1.54) is 154 Å². The van der Waals surface area contributed by atoms with Crippen LogP contribution < -0.4 is 0 Å². The first kappa shape index (κ1) is 58.1. The molecule has 0 rings (SSSR count). The van der Waals surface area contributed by atoms with Crippen LogP contribution in [0.4, 0.5) is 0 Å². The van der Waals surface area contributed by atoms with E-state index in [4.69, 9.17) is 14.2 Å². The van der Waals surface area contributed by atoms with Crippen molar-refractivity contribution >= 4 is 17.9 Å². The van der Waals surface area contributed by atoms with Crippen molar-refractivity contribution in [3.63, 3.8) is 0 Å². The average Bonchev–Trinajstić information content (AvgIpc) is 3.26. The molecule has 0 aliphatic rings. The van der Waals surface area contributed by atoms with Crippen LogP contribution in [0.3, 0.4) is 0 Å². The maximum absolute atomic E-state index is 12.8. The second-order valence-electron chi connectivity index (χ2n) is 17.2. The summed E-state index contributed by atoms with van der Waals surface area (Å²) in [7, 11) is 0. The Bertz CT molecular complexity index is 1120. The lowest BCUT2D eigenvalue weighted by Gasteiger charge is -2.18. The third kappa shape index (κ3) is 48.0. The summed E-state index contributed by atoms with van der Waals surface area (Å²) in [5.74, 6) is -0.962. The second-order valence-corrected chi connectivity index (χ2v) is 17.2. The highest BCUT2D eigenvalue weighted by atomic mass is 16.6. The fourth-order valence-corrected chi connectivity index (χ4v) is 7.30. The van der Waals surface area contributed by atoms with Gasteiger partial charge in [0.25, 0.3) is 0 Å². The van der Waals surface area contributed by atoms with Gasteiger partial charge in [0.15, 0.2) is 6.10 Å². The Balaban J connectivity index is 4.44. The van der Waals surface area contributed by atoms with Gasteiger partial charge in [-0.15, -0.1) is 0 Å². The minimum Gasteiger partial charge on any atom is -0.462 e.